The summed E-state index contributed by atoms with van der Waals surface area (Å²) in [5, 5.41) is 35.2. The van der Waals surface area contributed by atoms with Gasteiger partial charge in [0.1, 0.15) is 10.6 Å². The summed E-state index contributed by atoms with van der Waals surface area (Å²) in [6.45, 7) is 23.6. The van der Waals surface area contributed by atoms with E-state index in [9.17, 15) is 42.1 Å². The molecule has 70 heavy (non-hydrogen) atoms. The summed E-state index contributed by atoms with van der Waals surface area (Å²) in [6, 6.07) is 1.35. The number of nitrogens with two attached hydrogens (primary N) is 5. The average Bonchev–Trinajstić information content (AvgIpc) is 3.20. The number of aromatic nitrogens is 1. The van der Waals surface area contributed by atoms with Crippen LogP contribution in [0, 0.1) is 0 Å². The second-order valence-corrected chi connectivity index (χ2v) is 27.7. The van der Waals surface area contributed by atoms with Crippen LogP contribution in [-0.2, 0) is 69.1 Å². The molecule has 1 aromatic heterocycles. The number of pyridine rings is 1. The topological polar surface area (TPSA) is 408 Å². The summed E-state index contributed by atoms with van der Waals surface area (Å²) >= 11 is 0. The predicted molar refractivity (Wildman–Crippen MR) is 269 cm³/mol. The van der Waals surface area contributed by atoms with Crippen molar-refractivity contribution >= 4 is 50.1 Å². The number of nitrogens with zero attached hydrogens (tertiary/aromatic N) is 1. The highest BCUT2D eigenvalue weighted by Crippen LogP contribution is 2.18. The second-order valence-electron chi connectivity index (χ2n) is 18.7. The lowest BCUT2D eigenvalue weighted by Gasteiger charge is -2.29. The van der Waals surface area contributed by atoms with Gasteiger partial charge < -0.3 is 45.0 Å². The van der Waals surface area contributed by atoms with Crippen LogP contribution in [0.1, 0.15) is 94.9 Å². The number of nitrogens with one attached hydrogen (secondary N) is 4. The maximum absolute atomic E-state index is 11.1. The number of piperidine rings is 4. The van der Waals surface area contributed by atoms with Gasteiger partial charge in [-0.15, -0.1) is 0 Å². The molecule has 4 aliphatic rings. The Bertz CT molecular complexity index is 2010. The normalized spacial score (nSPS) is 25.9. The van der Waals surface area contributed by atoms with E-state index in [-0.39, 0.29) is 59.8 Å². The first kappa shape index (κ1) is 66.2. The molecule has 0 spiro atoms. The third-order valence-corrected chi connectivity index (χ3v) is 16.2. The zero-order chi connectivity index (χ0) is 53.8. The molecule has 14 N–H and O–H groups in total. The van der Waals surface area contributed by atoms with E-state index < -0.39 is 71.1 Å². The van der Waals surface area contributed by atoms with Gasteiger partial charge in [-0.05, 0) is 94.9 Å². The summed E-state index contributed by atoms with van der Waals surface area (Å²) in [5.41, 5.74) is 0. The van der Waals surface area contributed by atoms with Crippen LogP contribution in [0.5, 0.6) is 5.75 Å². The van der Waals surface area contributed by atoms with Crippen LogP contribution in [0.15, 0.2) is 23.4 Å². The standard InChI is InChI=1S/4C8H18N2O3S.C8H12N2O3S/c5*1-6(2)13-7-3-8(5-10-4-7)14(9,11)12/h4*6-8,10H,3-5H2,1-2H3,(H2,9,11,12);3-6H,1-2H3,(H2,9,11,12)/t7-,8?;7-,8+;2*7-,8-;/m0110./s1. The molecule has 0 bridgehead atoms. The highest BCUT2D eigenvalue weighted by atomic mass is 32.2. The maximum atomic E-state index is 11.1. The molecule has 414 valence electrons. The summed E-state index contributed by atoms with van der Waals surface area (Å²) in [6.07, 6.45) is 4.80. The van der Waals surface area contributed by atoms with E-state index in [0.717, 1.165) is 0 Å². The van der Waals surface area contributed by atoms with Crippen molar-refractivity contribution in [3.63, 3.8) is 0 Å². The lowest BCUT2D eigenvalue weighted by Crippen LogP contribution is -2.49. The van der Waals surface area contributed by atoms with Gasteiger partial charge in [-0.25, -0.2) is 67.8 Å². The fourth-order valence-electron chi connectivity index (χ4n) is 7.31. The van der Waals surface area contributed by atoms with Crippen molar-refractivity contribution in [2.75, 3.05) is 52.4 Å². The molecule has 30 heteroatoms. The number of primary sulfonamides is 5. The van der Waals surface area contributed by atoms with Crippen molar-refractivity contribution in [1.29, 1.82) is 0 Å². The quantitative estimate of drug-likeness (QED) is 0.0939. The highest BCUT2D eigenvalue weighted by Gasteiger charge is 2.33. The summed E-state index contributed by atoms with van der Waals surface area (Å²) < 4.78 is 138. The minimum Gasteiger partial charge on any atom is -0.489 e. The van der Waals surface area contributed by atoms with E-state index in [4.69, 9.17) is 49.4 Å². The molecule has 5 heterocycles. The van der Waals surface area contributed by atoms with Gasteiger partial charge in [0, 0.05) is 64.6 Å². The molecular weight excluding hydrogens is 1020 g/mol. The van der Waals surface area contributed by atoms with Crippen molar-refractivity contribution in [2.24, 2.45) is 25.7 Å². The summed E-state index contributed by atoms with van der Waals surface area (Å²) in [7, 11) is -17.5. The van der Waals surface area contributed by atoms with Gasteiger partial charge in [-0.3, -0.25) is 4.98 Å². The Labute approximate surface area is 418 Å². The van der Waals surface area contributed by atoms with Crippen molar-refractivity contribution in [1.82, 2.24) is 26.3 Å². The molecule has 0 aliphatic carbocycles. The molecular formula is C40H84N10O15S5. The fraction of sp³-hybridized carbons (Fsp3) is 0.875. The molecule has 8 atom stereocenters. The molecule has 4 saturated heterocycles. The van der Waals surface area contributed by atoms with Crippen LogP contribution in [0.3, 0.4) is 0 Å². The minimum absolute atomic E-state index is 0.0347. The van der Waals surface area contributed by atoms with Crippen LogP contribution >= 0.6 is 0 Å². The molecule has 25 nitrogen and oxygen atoms in total. The molecule has 0 radical (unpaired) electrons. The minimum atomic E-state index is -3.70. The Morgan fingerprint density at radius 1 is 0.429 bits per heavy atom. The van der Waals surface area contributed by atoms with Crippen molar-refractivity contribution in [3.8, 4) is 5.75 Å². The Balaban J connectivity index is 0.000000437. The lowest BCUT2D eigenvalue weighted by molar-refractivity contribution is -0.00375. The molecule has 0 amide bonds. The third-order valence-electron chi connectivity index (χ3n) is 10.2. The molecule has 1 unspecified atom stereocenters. The third kappa shape index (κ3) is 29.2. The van der Waals surface area contributed by atoms with Gasteiger partial charge in [0.15, 0.2) is 0 Å². The van der Waals surface area contributed by atoms with Crippen molar-refractivity contribution in [2.45, 2.75) is 176 Å². The van der Waals surface area contributed by atoms with E-state index in [0.29, 0.717) is 83.8 Å². The number of ether oxygens (including phenoxy) is 5. The van der Waals surface area contributed by atoms with Gasteiger partial charge in [0.25, 0.3) is 0 Å². The predicted octanol–water partition coefficient (Wildman–Crippen LogP) is -1.76. The molecule has 4 aliphatic heterocycles. The molecule has 5 rings (SSSR count). The van der Waals surface area contributed by atoms with Crippen LogP contribution < -0.4 is 51.7 Å². The molecule has 4 fully saturated rings. The van der Waals surface area contributed by atoms with Crippen LogP contribution in [0.4, 0.5) is 0 Å². The smallest absolute Gasteiger partial charge is 0.239 e. The number of hydrogen-bond acceptors (Lipinski definition) is 20. The summed E-state index contributed by atoms with van der Waals surface area (Å²) in [5.74, 6) is 0.395. The summed E-state index contributed by atoms with van der Waals surface area (Å²) in [4.78, 5) is 3.67. The van der Waals surface area contributed by atoms with E-state index in [1.54, 1.807) is 0 Å². The highest BCUT2D eigenvalue weighted by molar-refractivity contribution is 7.90. The zero-order valence-corrected chi connectivity index (χ0v) is 46.3. The Hall–Kier alpha value is -1.82. The molecule has 1 aromatic rings. The first-order valence-corrected chi connectivity index (χ1v) is 31.1. The average molecular weight is 1110 g/mol. The van der Waals surface area contributed by atoms with Crippen molar-refractivity contribution in [3.05, 3.63) is 18.5 Å². The zero-order valence-electron chi connectivity index (χ0n) is 42.2. The monoisotopic (exact) mass is 1100 g/mol. The van der Waals surface area contributed by atoms with Crippen molar-refractivity contribution < 1.29 is 65.8 Å². The first-order valence-electron chi connectivity index (χ1n) is 23.1. The van der Waals surface area contributed by atoms with Gasteiger partial charge in [-0.2, -0.15) is 0 Å². The Morgan fingerprint density at radius 3 is 0.886 bits per heavy atom. The van der Waals surface area contributed by atoms with E-state index in [2.05, 4.69) is 26.3 Å². The van der Waals surface area contributed by atoms with E-state index in [1.807, 2.05) is 69.2 Å². The second kappa shape index (κ2) is 30.5. The number of rotatable bonds is 15. The van der Waals surface area contributed by atoms with E-state index in [1.165, 1.54) is 18.5 Å². The number of sulfonamides is 5. The van der Waals surface area contributed by atoms with Gasteiger partial charge in [0.2, 0.25) is 50.1 Å². The Kier molecular flexibility index (Phi) is 28.9. The molecule has 0 aromatic carbocycles. The van der Waals surface area contributed by atoms with Crippen LogP contribution in [0.25, 0.3) is 0 Å². The lowest BCUT2D eigenvalue weighted by atomic mass is 10.1. The largest absolute Gasteiger partial charge is 0.489 e. The first-order chi connectivity index (χ1) is 32.0. The van der Waals surface area contributed by atoms with Gasteiger partial charge >= 0.3 is 0 Å². The maximum Gasteiger partial charge on any atom is 0.239 e. The van der Waals surface area contributed by atoms with Gasteiger partial charge in [0.05, 0.1) is 82.1 Å². The van der Waals surface area contributed by atoms with Crippen LogP contribution in [0.2, 0.25) is 0 Å². The van der Waals surface area contributed by atoms with Gasteiger partial charge in [-0.1, -0.05) is 0 Å². The van der Waals surface area contributed by atoms with Crippen LogP contribution in [-0.4, -0.2) is 175 Å². The number of hydrogen-bond donors (Lipinski definition) is 9. The molecule has 0 saturated carbocycles. The SMILES string of the molecule is CC(C)O[C@@H]1CNCC(S(N)(=O)=O)C1.CC(C)O[C@@H]1CNC[C@@H](S(N)(=O)=O)C1.CC(C)O[C@H]1CNC[C@@H](S(N)(=O)=O)C1.CC(C)O[C@H]1CNC[C@H](S(N)(=O)=O)C1.CC(C)Oc1cncc(S(N)(=O)=O)c1. The Morgan fingerprint density at radius 2 is 0.686 bits per heavy atom. The van der Waals surface area contributed by atoms with E-state index >= 15 is 0 Å². The fourth-order valence-corrected chi connectivity index (χ4v) is 11.1.